The first-order chi connectivity index (χ1) is 13.5. The summed E-state index contributed by atoms with van der Waals surface area (Å²) < 4.78 is 37.0. The number of benzene rings is 2. The van der Waals surface area contributed by atoms with Crippen molar-refractivity contribution in [1.29, 1.82) is 0 Å². The SMILES string of the molecule is COc1ccc2c(c1)[C@H](NC(=O)c1ccc(C)c(NS(C)(=O)=O)c1)CC(C)(C)O2. The van der Waals surface area contributed by atoms with Crippen molar-refractivity contribution in [3.05, 3.63) is 53.1 Å². The molecule has 2 aromatic carbocycles. The Labute approximate surface area is 171 Å². The number of carbonyl (C=O) groups excluding carboxylic acids is 1. The van der Waals surface area contributed by atoms with Crippen LogP contribution >= 0.6 is 0 Å². The Hall–Kier alpha value is -2.74. The minimum atomic E-state index is -3.44. The molecule has 0 bridgehead atoms. The van der Waals surface area contributed by atoms with Gasteiger partial charge in [-0.25, -0.2) is 8.42 Å². The zero-order valence-electron chi connectivity index (χ0n) is 17.2. The lowest BCUT2D eigenvalue weighted by Gasteiger charge is -2.38. The minimum absolute atomic E-state index is 0.274. The van der Waals surface area contributed by atoms with E-state index in [9.17, 15) is 13.2 Å². The first-order valence-electron chi connectivity index (χ1n) is 9.24. The van der Waals surface area contributed by atoms with Gasteiger partial charge in [-0.1, -0.05) is 6.07 Å². The highest BCUT2D eigenvalue weighted by Crippen LogP contribution is 2.41. The van der Waals surface area contributed by atoms with E-state index < -0.39 is 15.6 Å². The molecule has 1 atom stereocenters. The Morgan fingerprint density at radius 1 is 1.21 bits per heavy atom. The van der Waals surface area contributed by atoms with E-state index in [-0.39, 0.29) is 11.9 Å². The van der Waals surface area contributed by atoms with Gasteiger partial charge in [-0.2, -0.15) is 0 Å². The third kappa shape index (κ3) is 5.00. The zero-order valence-corrected chi connectivity index (χ0v) is 18.0. The van der Waals surface area contributed by atoms with Crippen molar-refractivity contribution in [3.63, 3.8) is 0 Å². The molecule has 1 aliphatic rings. The molecule has 0 unspecified atom stereocenters. The van der Waals surface area contributed by atoms with Crippen molar-refractivity contribution in [3.8, 4) is 11.5 Å². The molecule has 0 radical (unpaired) electrons. The molecule has 0 aromatic heterocycles. The number of methoxy groups -OCH3 is 1. The summed E-state index contributed by atoms with van der Waals surface area (Å²) in [7, 11) is -1.86. The monoisotopic (exact) mass is 418 g/mol. The molecular weight excluding hydrogens is 392 g/mol. The van der Waals surface area contributed by atoms with Crippen LogP contribution in [0.4, 0.5) is 5.69 Å². The number of carbonyl (C=O) groups is 1. The van der Waals surface area contributed by atoms with Crippen molar-refractivity contribution >= 4 is 21.6 Å². The standard InChI is InChI=1S/C21H26N2O5S/c1-13-6-7-14(10-17(13)23-29(5,25)26)20(24)22-18-12-21(2,3)28-19-9-8-15(27-4)11-16(18)19/h6-11,18,23H,12H2,1-5H3,(H,22,24)/t18-/m1/s1. The number of sulfonamides is 1. The Morgan fingerprint density at radius 3 is 2.59 bits per heavy atom. The summed E-state index contributed by atoms with van der Waals surface area (Å²) in [4.78, 5) is 13.0. The molecule has 0 fully saturated rings. The van der Waals surface area contributed by atoms with Crippen LogP contribution in [0, 0.1) is 6.92 Å². The fourth-order valence-corrected chi connectivity index (χ4v) is 4.02. The van der Waals surface area contributed by atoms with Crippen molar-refractivity contribution in [2.75, 3.05) is 18.1 Å². The molecule has 1 aliphatic heterocycles. The van der Waals surface area contributed by atoms with Crippen LogP contribution in [0.2, 0.25) is 0 Å². The predicted molar refractivity (Wildman–Crippen MR) is 112 cm³/mol. The van der Waals surface area contributed by atoms with Crippen LogP contribution < -0.4 is 19.5 Å². The summed E-state index contributed by atoms with van der Waals surface area (Å²) >= 11 is 0. The molecule has 1 amide bonds. The van der Waals surface area contributed by atoms with Gasteiger partial charge in [0.15, 0.2) is 0 Å². The van der Waals surface area contributed by atoms with Gasteiger partial charge in [0.2, 0.25) is 10.0 Å². The number of anilines is 1. The van der Waals surface area contributed by atoms with E-state index in [1.165, 1.54) is 0 Å². The topological polar surface area (TPSA) is 93.7 Å². The Morgan fingerprint density at radius 2 is 1.93 bits per heavy atom. The van der Waals surface area contributed by atoms with Gasteiger partial charge in [-0.3, -0.25) is 9.52 Å². The van der Waals surface area contributed by atoms with E-state index >= 15 is 0 Å². The minimum Gasteiger partial charge on any atom is -0.497 e. The second-order valence-corrected chi connectivity index (χ2v) is 9.65. The van der Waals surface area contributed by atoms with Crippen LogP contribution in [0.3, 0.4) is 0 Å². The quantitative estimate of drug-likeness (QED) is 0.776. The number of hydrogen-bond donors (Lipinski definition) is 2. The van der Waals surface area contributed by atoms with Gasteiger partial charge in [-0.15, -0.1) is 0 Å². The number of nitrogens with one attached hydrogen (secondary N) is 2. The van der Waals surface area contributed by atoms with Crippen molar-refractivity contribution in [2.45, 2.75) is 38.8 Å². The van der Waals surface area contributed by atoms with Crippen molar-refractivity contribution < 1.29 is 22.7 Å². The largest absolute Gasteiger partial charge is 0.497 e. The summed E-state index contributed by atoms with van der Waals surface area (Å²) in [6.07, 6.45) is 1.66. The van der Waals surface area contributed by atoms with Gasteiger partial charge in [0.1, 0.15) is 17.1 Å². The van der Waals surface area contributed by atoms with Gasteiger partial charge in [0.05, 0.1) is 25.1 Å². The molecule has 0 saturated heterocycles. The summed E-state index contributed by atoms with van der Waals surface area (Å²) in [5.41, 5.74) is 1.88. The molecule has 1 heterocycles. The zero-order chi connectivity index (χ0) is 21.4. The van der Waals surface area contributed by atoms with E-state index in [0.717, 1.165) is 17.4 Å². The second kappa shape index (κ2) is 7.59. The highest BCUT2D eigenvalue weighted by molar-refractivity contribution is 7.92. The van der Waals surface area contributed by atoms with Gasteiger partial charge in [-0.05, 0) is 56.7 Å². The molecule has 0 saturated carbocycles. The van der Waals surface area contributed by atoms with Gasteiger partial charge in [0.25, 0.3) is 5.91 Å². The van der Waals surface area contributed by atoms with Crippen LogP contribution in [0.15, 0.2) is 36.4 Å². The average Bonchev–Trinajstić information content (AvgIpc) is 2.61. The Kier molecular flexibility index (Phi) is 5.49. The third-order valence-electron chi connectivity index (χ3n) is 4.77. The average molecular weight is 419 g/mol. The second-order valence-electron chi connectivity index (χ2n) is 7.90. The Balaban J connectivity index is 1.90. The summed E-state index contributed by atoms with van der Waals surface area (Å²) in [6, 6.07) is 10.2. The van der Waals surface area contributed by atoms with Crippen molar-refractivity contribution in [2.24, 2.45) is 0 Å². The Bertz CT molecular complexity index is 1050. The van der Waals surface area contributed by atoms with E-state index in [1.807, 2.05) is 32.0 Å². The van der Waals surface area contributed by atoms with Crippen molar-refractivity contribution in [1.82, 2.24) is 5.32 Å². The predicted octanol–water partition coefficient (Wildman–Crippen LogP) is 3.41. The highest BCUT2D eigenvalue weighted by atomic mass is 32.2. The molecule has 29 heavy (non-hydrogen) atoms. The summed E-state index contributed by atoms with van der Waals surface area (Å²) in [5.74, 6) is 1.09. The van der Waals surface area contributed by atoms with Gasteiger partial charge >= 0.3 is 0 Å². The van der Waals surface area contributed by atoms with E-state index in [0.29, 0.717) is 29.2 Å². The fraction of sp³-hybridized carbons (Fsp3) is 0.381. The van der Waals surface area contributed by atoms with E-state index in [2.05, 4.69) is 10.0 Å². The highest BCUT2D eigenvalue weighted by Gasteiger charge is 2.35. The lowest BCUT2D eigenvalue weighted by molar-refractivity contribution is 0.0618. The number of ether oxygens (including phenoxy) is 2. The van der Waals surface area contributed by atoms with Crippen LogP contribution in [0.25, 0.3) is 0 Å². The molecule has 2 aromatic rings. The molecule has 156 valence electrons. The first-order valence-corrected chi connectivity index (χ1v) is 11.1. The maximum Gasteiger partial charge on any atom is 0.251 e. The molecule has 0 aliphatic carbocycles. The molecule has 0 spiro atoms. The van der Waals surface area contributed by atoms with Gasteiger partial charge in [0, 0.05) is 17.5 Å². The number of aryl methyl sites for hydroxylation is 1. The molecule has 7 nitrogen and oxygen atoms in total. The fourth-order valence-electron chi connectivity index (χ4n) is 3.40. The van der Waals surface area contributed by atoms with Crippen LogP contribution in [0.5, 0.6) is 11.5 Å². The van der Waals surface area contributed by atoms with Crippen LogP contribution in [-0.2, 0) is 10.0 Å². The third-order valence-corrected chi connectivity index (χ3v) is 5.37. The lowest BCUT2D eigenvalue weighted by Crippen LogP contribution is -2.41. The maximum atomic E-state index is 13.0. The number of hydrogen-bond acceptors (Lipinski definition) is 5. The summed E-state index contributed by atoms with van der Waals surface area (Å²) in [6.45, 7) is 5.72. The van der Waals surface area contributed by atoms with Gasteiger partial charge < -0.3 is 14.8 Å². The number of amides is 1. The number of rotatable bonds is 5. The lowest BCUT2D eigenvalue weighted by atomic mass is 9.89. The smallest absolute Gasteiger partial charge is 0.251 e. The normalized spacial score (nSPS) is 17.6. The van der Waals surface area contributed by atoms with Crippen LogP contribution in [0.1, 0.15) is 47.8 Å². The molecule has 2 N–H and O–H groups in total. The van der Waals surface area contributed by atoms with Crippen LogP contribution in [-0.4, -0.2) is 33.3 Å². The molecule has 3 rings (SSSR count). The maximum absolute atomic E-state index is 13.0. The first kappa shape index (κ1) is 21.0. The summed E-state index contributed by atoms with van der Waals surface area (Å²) in [5, 5.41) is 3.06. The van der Waals surface area contributed by atoms with E-state index in [1.54, 1.807) is 32.2 Å². The molecular formula is C21H26N2O5S. The van der Waals surface area contributed by atoms with E-state index in [4.69, 9.17) is 9.47 Å². The molecule has 8 heteroatoms. The number of fused-ring (bicyclic) bond motifs is 1.